The third kappa shape index (κ3) is 2.22. The topological polar surface area (TPSA) is 26.0 Å². The van der Waals surface area contributed by atoms with E-state index in [2.05, 4.69) is 82.6 Å². The van der Waals surface area contributed by atoms with Crippen molar-refractivity contribution in [3.63, 3.8) is 0 Å². The van der Waals surface area contributed by atoms with Crippen LogP contribution in [0.2, 0.25) is 0 Å². The summed E-state index contributed by atoms with van der Waals surface area (Å²) in [7, 11) is 2.12. The summed E-state index contributed by atoms with van der Waals surface area (Å²) in [5.74, 6) is 2.07. The third-order valence-electron chi connectivity index (χ3n) is 6.18. The molecule has 1 aliphatic rings. The third-order valence-corrected chi connectivity index (χ3v) is 6.18. The van der Waals surface area contributed by atoms with E-state index in [9.17, 15) is 0 Å². The summed E-state index contributed by atoms with van der Waals surface area (Å²) in [4.78, 5) is 4.96. The lowest BCUT2D eigenvalue weighted by atomic mass is 9.89. The Hall–Kier alpha value is -2.94. The number of rotatable bonds is 1. The Labute approximate surface area is 165 Å². The summed E-state index contributed by atoms with van der Waals surface area (Å²) in [6.07, 6.45) is 0. The molecule has 3 aromatic carbocycles. The average Bonchev–Trinajstić information content (AvgIpc) is 2.65. The van der Waals surface area contributed by atoms with E-state index < -0.39 is 0 Å². The van der Waals surface area contributed by atoms with Crippen molar-refractivity contribution in [2.45, 2.75) is 40.5 Å². The Balaban J connectivity index is 1.98. The summed E-state index contributed by atoms with van der Waals surface area (Å²) in [6, 6.07) is 13.1. The van der Waals surface area contributed by atoms with Crippen molar-refractivity contribution in [3.8, 4) is 22.9 Å². The Bertz CT molecular complexity index is 1300. The quantitative estimate of drug-likeness (QED) is 0.337. The SMILES string of the molecule is Cc1cc2cc(C(C)C)cc3c2c(c1C)-c1c(nc2c(C)cccc2[n+]1C)O3. The van der Waals surface area contributed by atoms with Gasteiger partial charge >= 0.3 is 0 Å². The van der Waals surface area contributed by atoms with E-state index >= 15 is 0 Å². The molecule has 0 fully saturated rings. The molecule has 2 heterocycles. The number of ether oxygens (including phenoxy) is 1. The molecule has 0 saturated carbocycles. The van der Waals surface area contributed by atoms with Crippen LogP contribution < -0.4 is 9.30 Å². The van der Waals surface area contributed by atoms with E-state index in [-0.39, 0.29) is 0 Å². The highest BCUT2D eigenvalue weighted by Crippen LogP contribution is 2.48. The molecule has 4 aromatic rings. The first-order valence-electron chi connectivity index (χ1n) is 9.92. The van der Waals surface area contributed by atoms with Gasteiger partial charge in [0.2, 0.25) is 5.52 Å². The van der Waals surface area contributed by atoms with Crippen LogP contribution in [0.15, 0.2) is 36.4 Å². The van der Waals surface area contributed by atoms with Crippen LogP contribution in [-0.2, 0) is 7.05 Å². The van der Waals surface area contributed by atoms with E-state index in [1.807, 2.05) is 0 Å². The maximum atomic E-state index is 6.45. The first kappa shape index (κ1) is 17.2. The molecule has 0 saturated heterocycles. The zero-order valence-corrected chi connectivity index (χ0v) is 17.3. The number of benzene rings is 3. The van der Waals surface area contributed by atoms with E-state index in [0.717, 1.165) is 28.0 Å². The number of aryl methyl sites for hydroxylation is 3. The van der Waals surface area contributed by atoms with Gasteiger partial charge in [-0.3, -0.25) is 0 Å². The number of hydrogen-bond donors (Lipinski definition) is 0. The predicted octanol–water partition coefficient (Wildman–Crippen LogP) is 6.03. The molecule has 0 atom stereocenters. The van der Waals surface area contributed by atoms with Gasteiger partial charge in [0.1, 0.15) is 18.3 Å². The molecule has 5 rings (SSSR count). The van der Waals surface area contributed by atoms with Gasteiger partial charge in [0.15, 0.2) is 0 Å². The molecule has 0 spiro atoms. The van der Waals surface area contributed by atoms with E-state index in [0.29, 0.717) is 11.8 Å². The van der Waals surface area contributed by atoms with Gasteiger partial charge in [-0.1, -0.05) is 38.1 Å². The van der Waals surface area contributed by atoms with Gasteiger partial charge in [0.05, 0.1) is 5.56 Å². The highest BCUT2D eigenvalue weighted by molar-refractivity contribution is 6.05. The molecule has 0 aliphatic carbocycles. The van der Waals surface area contributed by atoms with Crippen molar-refractivity contribution in [1.29, 1.82) is 0 Å². The van der Waals surface area contributed by atoms with Gasteiger partial charge in [-0.25, -0.2) is 4.98 Å². The smallest absolute Gasteiger partial charge is 0.294 e. The Morgan fingerprint density at radius 2 is 1.79 bits per heavy atom. The second-order valence-corrected chi connectivity index (χ2v) is 8.33. The lowest BCUT2D eigenvalue weighted by molar-refractivity contribution is -0.634. The van der Waals surface area contributed by atoms with E-state index in [4.69, 9.17) is 9.72 Å². The first-order chi connectivity index (χ1) is 13.4. The van der Waals surface area contributed by atoms with Crippen LogP contribution in [0, 0.1) is 20.8 Å². The number of nitrogens with zero attached hydrogens (tertiary/aromatic N) is 2. The van der Waals surface area contributed by atoms with E-state index in [1.54, 1.807) is 0 Å². The molecule has 1 aromatic heterocycles. The van der Waals surface area contributed by atoms with Crippen molar-refractivity contribution in [2.24, 2.45) is 7.05 Å². The summed E-state index contributed by atoms with van der Waals surface area (Å²) < 4.78 is 8.69. The lowest BCUT2D eigenvalue weighted by Gasteiger charge is -2.23. The van der Waals surface area contributed by atoms with Crippen LogP contribution in [0.25, 0.3) is 33.1 Å². The molecule has 1 aliphatic heterocycles. The second-order valence-electron chi connectivity index (χ2n) is 8.33. The van der Waals surface area contributed by atoms with Crippen molar-refractivity contribution in [1.82, 2.24) is 4.98 Å². The Morgan fingerprint density at radius 3 is 2.54 bits per heavy atom. The molecule has 28 heavy (non-hydrogen) atoms. The normalized spacial score (nSPS) is 12.5. The van der Waals surface area contributed by atoms with Gasteiger partial charge in [-0.15, -0.1) is 0 Å². The molecular formula is C25H25N2O+. The molecular weight excluding hydrogens is 344 g/mol. The van der Waals surface area contributed by atoms with Crippen molar-refractivity contribution < 1.29 is 9.30 Å². The minimum absolute atomic E-state index is 0.443. The van der Waals surface area contributed by atoms with Gasteiger partial charge in [0, 0.05) is 11.5 Å². The largest absolute Gasteiger partial charge is 0.433 e. The van der Waals surface area contributed by atoms with Crippen molar-refractivity contribution in [2.75, 3.05) is 0 Å². The standard InChI is InChI=1S/C25H25N2O/c1-13(2)17-11-18-10-15(4)16(5)21-22(18)20(12-17)28-25-24(21)27(6)19-9-7-8-14(3)23(19)26-25/h7-13H,1-6H3/q+1. The highest BCUT2D eigenvalue weighted by Gasteiger charge is 2.33. The Morgan fingerprint density at radius 1 is 1.00 bits per heavy atom. The Kier molecular flexibility index (Phi) is 3.54. The summed E-state index contributed by atoms with van der Waals surface area (Å²) in [5.41, 5.74) is 9.47. The zero-order valence-electron chi connectivity index (χ0n) is 17.3. The van der Waals surface area contributed by atoms with Crippen molar-refractivity contribution >= 4 is 21.8 Å². The maximum absolute atomic E-state index is 6.45. The number of hydrogen-bond acceptors (Lipinski definition) is 2. The van der Waals surface area contributed by atoms with Crippen LogP contribution >= 0.6 is 0 Å². The van der Waals surface area contributed by atoms with E-state index in [1.165, 1.54) is 33.0 Å². The van der Waals surface area contributed by atoms with Crippen LogP contribution in [0.3, 0.4) is 0 Å². The molecule has 140 valence electrons. The zero-order chi connectivity index (χ0) is 19.7. The first-order valence-corrected chi connectivity index (χ1v) is 9.92. The van der Waals surface area contributed by atoms with Gasteiger partial charge in [-0.05, 0) is 60.4 Å². The van der Waals surface area contributed by atoms with Gasteiger partial charge < -0.3 is 4.74 Å². The fourth-order valence-electron chi connectivity index (χ4n) is 4.40. The summed E-state index contributed by atoms with van der Waals surface area (Å²) in [6.45, 7) is 11.0. The van der Waals surface area contributed by atoms with Gasteiger partial charge in [0.25, 0.3) is 11.6 Å². The highest BCUT2D eigenvalue weighted by atomic mass is 16.5. The van der Waals surface area contributed by atoms with Crippen LogP contribution in [0.4, 0.5) is 0 Å². The number of aromatic nitrogens is 2. The molecule has 0 unspecified atom stereocenters. The van der Waals surface area contributed by atoms with Crippen molar-refractivity contribution in [3.05, 3.63) is 58.7 Å². The molecule has 0 radical (unpaired) electrons. The summed E-state index contributed by atoms with van der Waals surface area (Å²) >= 11 is 0. The van der Waals surface area contributed by atoms with Crippen LogP contribution in [0.5, 0.6) is 11.6 Å². The monoisotopic (exact) mass is 369 g/mol. The molecule has 0 bridgehead atoms. The lowest BCUT2D eigenvalue weighted by Crippen LogP contribution is -2.34. The second kappa shape index (κ2) is 5.78. The minimum Gasteiger partial charge on any atom is -0.433 e. The number of para-hydroxylation sites is 1. The predicted molar refractivity (Wildman–Crippen MR) is 114 cm³/mol. The molecule has 0 amide bonds. The van der Waals surface area contributed by atoms with Gasteiger partial charge in [-0.2, -0.15) is 4.57 Å². The average molecular weight is 369 g/mol. The number of fused-ring (bicyclic) bond motifs is 3. The molecule has 3 nitrogen and oxygen atoms in total. The van der Waals surface area contributed by atoms with Crippen LogP contribution in [-0.4, -0.2) is 4.98 Å². The summed E-state index contributed by atoms with van der Waals surface area (Å²) in [5, 5.41) is 2.44. The fourth-order valence-corrected chi connectivity index (χ4v) is 4.40. The minimum atomic E-state index is 0.443. The molecule has 0 N–H and O–H groups in total. The fraction of sp³-hybridized carbons (Fsp3) is 0.280. The van der Waals surface area contributed by atoms with Crippen LogP contribution in [0.1, 0.15) is 42.0 Å². The molecule has 3 heteroatoms. The maximum Gasteiger partial charge on any atom is 0.294 e.